The molecule has 1 aliphatic carbocycles. The molecule has 0 radical (unpaired) electrons. The van der Waals surface area contributed by atoms with E-state index < -0.39 is 11.6 Å². The van der Waals surface area contributed by atoms with Crippen LogP contribution in [-0.4, -0.2) is 0 Å². The van der Waals surface area contributed by atoms with E-state index in [2.05, 4.69) is 29.8 Å². The summed E-state index contributed by atoms with van der Waals surface area (Å²) >= 11 is 3.60. The molecular weight excluding hydrogens is 286 g/mol. The Morgan fingerprint density at radius 1 is 1.35 bits per heavy atom. The third-order valence-corrected chi connectivity index (χ3v) is 5.08. The van der Waals surface area contributed by atoms with Crippen LogP contribution in [0.25, 0.3) is 0 Å². The third kappa shape index (κ3) is 2.54. The zero-order valence-corrected chi connectivity index (χ0v) is 11.7. The number of hydrogen-bond acceptors (Lipinski definition) is 0. The van der Waals surface area contributed by atoms with Crippen molar-refractivity contribution in [3.63, 3.8) is 0 Å². The smallest absolute Gasteiger partial charge is 0.130 e. The Morgan fingerprint density at radius 2 is 2.06 bits per heavy atom. The molecule has 2 rings (SSSR count). The second-order valence-electron chi connectivity index (χ2n) is 5.55. The molecule has 1 saturated carbocycles. The van der Waals surface area contributed by atoms with E-state index in [0.717, 1.165) is 12.5 Å². The minimum Gasteiger partial charge on any atom is -0.207 e. The number of rotatable bonds is 2. The van der Waals surface area contributed by atoms with Crippen molar-refractivity contribution in [2.24, 2.45) is 11.3 Å². The lowest BCUT2D eigenvalue weighted by molar-refractivity contribution is 0.255. The topological polar surface area (TPSA) is 0 Å². The van der Waals surface area contributed by atoms with Crippen LogP contribution in [0, 0.1) is 23.0 Å². The first-order chi connectivity index (χ1) is 7.92. The molecule has 94 valence electrons. The Labute approximate surface area is 110 Å². The van der Waals surface area contributed by atoms with Gasteiger partial charge in [0.25, 0.3) is 0 Å². The van der Waals surface area contributed by atoms with E-state index in [0.29, 0.717) is 11.5 Å². The first-order valence-electron chi connectivity index (χ1n) is 6.01. The summed E-state index contributed by atoms with van der Waals surface area (Å²) in [6.45, 7) is 4.45. The average molecular weight is 303 g/mol. The van der Waals surface area contributed by atoms with Crippen LogP contribution in [-0.2, 0) is 0 Å². The highest BCUT2D eigenvalue weighted by Crippen LogP contribution is 2.52. The molecular formula is C14H17BrF2. The van der Waals surface area contributed by atoms with E-state index in [4.69, 9.17) is 0 Å². The summed E-state index contributed by atoms with van der Waals surface area (Å²) in [6.07, 6.45) is 3.45. The van der Waals surface area contributed by atoms with Crippen LogP contribution in [0.4, 0.5) is 8.78 Å². The third-order valence-electron chi connectivity index (χ3n) is 3.95. The lowest BCUT2D eigenvalue weighted by atomic mass is 9.78. The zero-order valence-electron chi connectivity index (χ0n) is 10.1. The molecule has 0 nitrogen and oxygen atoms in total. The van der Waals surface area contributed by atoms with Crippen LogP contribution in [0.15, 0.2) is 18.2 Å². The van der Waals surface area contributed by atoms with Gasteiger partial charge in [0.05, 0.1) is 0 Å². The SMILES string of the molecule is CC1(C)CCCC1C(Br)c1ccc(F)cc1F. The normalized spacial score (nSPS) is 24.9. The minimum absolute atomic E-state index is 0.0272. The fourth-order valence-corrected chi connectivity index (χ4v) is 4.19. The number of benzene rings is 1. The molecule has 1 aromatic rings. The summed E-state index contributed by atoms with van der Waals surface area (Å²) in [4.78, 5) is -0.0272. The van der Waals surface area contributed by atoms with Gasteiger partial charge in [-0.3, -0.25) is 0 Å². The minimum atomic E-state index is -0.517. The fraction of sp³-hybridized carbons (Fsp3) is 0.571. The molecule has 1 aromatic carbocycles. The highest BCUT2D eigenvalue weighted by molar-refractivity contribution is 9.09. The van der Waals surface area contributed by atoms with Crippen LogP contribution >= 0.6 is 15.9 Å². The van der Waals surface area contributed by atoms with Gasteiger partial charge in [-0.15, -0.1) is 0 Å². The monoisotopic (exact) mass is 302 g/mol. The van der Waals surface area contributed by atoms with Crippen LogP contribution < -0.4 is 0 Å². The van der Waals surface area contributed by atoms with E-state index >= 15 is 0 Å². The first kappa shape index (κ1) is 13.0. The molecule has 0 aliphatic heterocycles. The Balaban J connectivity index is 2.28. The van der Waals surface area contributed by atoms with Crippen LogP contribution in [0.3, 0.4) is 0 Å². The lowest BCUT2D eigenvalue weighted by Gasteiger charge is -2.31. The van der Waals surface area contributed by atoms with Crippen molar-refractivity contribution in [2.75, 3.05) is 0 Å². The maximum Gasteiger partial charge on any atom is 0.130 e. The van der Waals surface area contributed by atoms with Crippen molar-refractivity contribution in [1.82, 2.24) is 0 Å². The summed E-state index contributed by atoms with van der Waals surface area (Å²) in [7, 11) is 0. The summed E-state index contributed by atoms with van der Waals surface area (Å²) in [6, 6.07) is 3.85. The molecule has 17 heavy (non-hydrogen) atoms. The quantitative estimate of drug-likeness (QED) is 0.656. The molecule has 0 aromatic heterocycles. The van der Waals surface area contributed by atoms with Gasteiger partial charge < -0.3 is 0 Å². The Bertz CT molecular complexity index is 415. The molecule has 1 aliphatic rings. The summed E-state index contributed by atoms with van der Waals surface area (Å²) < 4.78 is 26.6. The van der Waals surface area contributed by atoms with E-state index in [9.17, 15) is 8.78 Å². The van der Waals surface area contributed by atoms with Gasteiger partial charge in [-0.2, -0.15) is 0 Å². The summed E-state index contributed by atoms with van der Waals surface area (Å²) in [5.74, 6) is -0.561. The maximum atomic E-state index is 13.7. The predicted octanol–water partition coefficient (Wildman–Crippen LogP) is 5.23. The average Bonchev–Trinajstić information content (AvgIpc) is 2.57. The molecule has 0 spiro atoms. The second-order valence-corrected chi connectivity index (χ2v) is 6.54. The van der Waals surface area contributed by atoms with E-state index in [1.807, 2.05) is 0 Å². The molecule has 0 saturated heterocycles. The molecule has 0 amide bonds. The molecule has 2 atom stereocenters. The molecule has 3 heteroatoms. The highest BCUT2D eigenvalue weighted by Gasteiger charge is 2.39. The summed E-state index contributed by atoms with van der Waals surface area (Å²) in [5, 5.41) is 0. The standard InChI is InChI=1S/C14H17BrF2/c1-14(2)7-3-4-11(14)13(15)10-6-5-9(16)8-12(10)17/h5-6,8,11,13H,3-4,7H2,1-2H3. The Morgan fingerprint density at radius 3 is 2.59 bits per heavy atom. The van der Waals surface area contributed by atoms with E-state index in [-0.39, 0.29) is 10.2 Å². The maximum absolute atomic E-state index is 13.7. The number of hydrogen-bond donors (Lipinski definition) is 0. The van der Waals surface area contributed by atoms with Crippen molar-refractivity contribution < 1.29 is 8.78 Å². The van der Waals surface area contributed by atoms with Gasteiger partial charge in [-0.25, -0.2) is 8.78 Å². The van der Waals surface area contributed by atoms with Crippen molar-refractivity contribution in [1.29, 1.82) is 0 Å². The highest BCUT2D eigenvalue weighted by atomic mass is 79.9. The molecule has 0 heterocycles. The first-order valence-corrected chi connectivity index (χ1v) is 6.92. The van der Waals surface area contributed by atoms with Crippen molar-refractivity contribution in [3.8, 4) is 0 Å². The van der Waals surface area contributed by atoms with Crippen molar-refractivity contribution >= 4 is 15.9 Å². The second kappa shape index (κ2) is 4.68. The van der Waals surface area contributed by atoms with Crippen LogP contribution in [0.2, 0.25) is 0 Å². The molecule has 1 fully saturated rings. The van der Waals surface area contributed by atoms with Crippen molar-refractivity contribution in [2.45, 2.75) is 37.9 Å². The van der Waals surface area contributed by atoms with E-state index in [1.54, 1.807) is 6.07 Å². The van der Waals surface area contributed by atoms with Gasteiger partial charge in [0, 0.05) is 16.5 Å². The lowest BCUT2D eigenvalue weighted by Crippen LogP contribution is -2.21. The van der Waals surface area contributed by atoms with Gasteiger partial charge in [0.1, 0.15) is 11.6 Å². The van der Waals surface area contributed by atoms with Crippen molar-refractivity contribution in [3.05, 3.63) is 35.4 Å². The van der Waals surface area contributed by atoms with Gasteiger partial charge in [-0.05, 0) is 30.2 Å². The van der Waals surface area contributed by atoms with Gasteiger partial charge in [-0.1, -0.05) is 42.3 Å². The Hall–Kier alpha value is -0.440. The predicted molar refractivity (Wildman–Crippen MR) is 69.1 cm³/mol. The number of halogens is 3. The summed E-state index contributed by atoms with van der Waals surface area (Å²) in [5.41, 5.74) is 0.793. The largest absolute Gasteiger partial charge is 0.207 e. The zero-order chi connectivity index (χ0) is 12.6. The number of alkyl halides is 1. The van der Waals surface area contributed by atoms with Gasteiger partial charge in [0.2, 0.25) is 0 Å². The molecule has 0 N–H and O–H groups in total. The molecule has 0 bridgehead atoms. The van der Waals surface area contributed by atoms with Gasteiger partial charge >= 0.3 is 0 Å². The van der Waals surface area contributed by atoms with Crippen LogP contribution in [0.5, 0.6) is 0 Å². The Kier molecular flexibility index (Phi) is 3.58. The molecule has 2 unspecified atom stereocenters. The van der Waals surface area contributed by atoms with E-state index in [1.165, 1.54) is 18.9 Å². The van der Waals surface area contributed by atoms with Gasteiger partial charge in [0.15, 0.2) is 0 Å². The van der Waals surface area contributed by atoms with Crippen LogP contribution in [0.1, 0.15) is 43.5 Å². The fourth-order valence-electron chi connectivity index (χ4n) is 2.84.